The zero-order valence-corrected chi connectivity index (χ0v) is 13.7. The molecule has 0 unspecified atom stereocenters. The van der Waals surface area contributed by atoms with Gasteiger partial charge in [-0.2, -0.15) is 0 Å². The van der Waals surface area contributed by atoms with Crippen LogP contribution >= 0.6 is 0 Å². The fraction of sp³-hybridized carbons (Fsp3) is 0.667. The largest absolute Gasteiger partial charge is 0.493 e. The predicted molar refractivity (Wildman–Crippen MR) is 86.8 cm³/mol. The van der Waals surface area contributed by atoms with E-state index in [1.54, 1.807) is 0 Å². The average Bonchev–Trinajstić information content (AvgIpc) is 2.47. The van der Waals surface area contributed by atoms with Crippen molar-refractivity contribution in [2.75, 3.05) is 26.4 Å². The van der Waals surface area contributed by atoms with Crippen molar-refractivity contribution in [2.45, 2.75) is 40.2 Å². The summed E-state index contributed by atoms with van der Waals surface area (Å²) in [6, 6.07) is 6.47. The Balaban J connectivity index is 1.90. The van der Waals surface area contributed by atoms with Crippen LogP contribution in [0, 0.1) is 18.8 Å². The van der Waals surface area contributed by atoms with Gasteiger partial charge in [-0.25, -0.2) is 0 Å². The molecule has 0 atom stereocenters. The zero-order valence-electron chi connectivity index (χ0n) is 13.7. The molecule has 1 saturated heterocycles. The summed E-state index contributed by atoms with van der Waals surface area (Å²) in [6.07, 6.45) is 2.24. The van der Waals surface area contributed by atoms with Crippen LogP contribution in [0.4, 0.5) is 0 Å². The second kappa shape index (κ2) is 8.40. The Morgan fingerprint density at radius 3 is 2.76 bits per heavy atom. The SMILES string of the molecule is Cc1ccc(OCC2CCOCC2)c(CNCC(C)C)c1. The van der Waals surface area contributed by atoms with Gasteiger partial charge in [-0.05, 0) is 44.2 Å². The summed E-state index contributed by atoms with van der Waals surface area (Å²) in [7, 11) is 0. The topological polar surface area (TPSA) is 30.5 Å². The van der Waals surface area contributed by atoms with Gasteiger partial charge >= 0.3 is 0 Å². The first-order chi connectivity index (χ1) is 10.1. The number of hydrogen-bond donors (Lipinski definition) is 1. The molecule has 118 valence electrons. The fourth-order valence-corrected chi connectivity index (χ4v) is 2.60. The van der Waals surface area contributed by atoms with Gasteiger partial charge in [0.1, 0.15) is 5.75 Å². The van der Waals surface area contributed by atoms with E-state index in [2.05, 4.69) is 44.3 Å². The Morgan fingerprint density at radius 2 is 2.05 bits per heavy atom. The molecule has 1 N–H and O–H groups in total. The van der Waals surface area contributed by atoms with Gasteiger partial charge < -0.3 is 14.8 Å². The summed E-state index contributed by atoms with van der Waals surface area (Å²) in [5.41, 5.74) is 2.55. The second-order valence-electron chi connectivity index (χ2n) is 6.50. The normalized spacial score (nSPS) is 16.4. The van der Waals surface area contributed by atoms with Crippen LogP contribution in [0.5, 0.6) is 5.75 Å². The van der Waals surface area contributed by atoms with Gasteiger partial charge in [0, 0.05) is 25.3 Å². The van der Waals surface area contributed by atoms with Gasteiger partial charge in [0.25, 0.3) is 0 Å². The molecule has 21 heavy (non-hydrogen) atoms. The van der Waals surface area contributed by atoms with Crippen LogP contribution in [0.3, 0.4) is 0 Å². The zero-order chi connectivity index (χ0) is 15.1. The van der Waals surface area contributed by atoms with E-state index in [1.807, 2.05) is 0 Å². The Kier molecular flexibility index (Phi) is 6.52. The Labute approximate surface area is 129 Å². The van der Waals surface area contributed by atoms with Crippen molar-refractivity contribution in [1.29, 1.82) is 0 Å². The molecule has 1 aromatic carbocycles. The molecule has 0 spiro atoms. The standard InChI is InChI=1S/C18H29NO2/c1-14(2)11-19-12-17-10-15(3)4-5-18(17)21-13-16-6-8-20-9-7-16/h4-5,10,14,16,19H,6-9,11-13H2,1-3H3. The average molecular weight is 291 g/mol. The van der Waals surface area contributed by atoms with E-state index in [1.165, 1.54) is 11.1 Å². The van der Waals surface area contributed by atoms with Crippen LogP contribution in [0.2, 0.25) is 0 Å². The van der Waals surface area contributed by atoms with Gasteiger partial charge in [0.15, 0.2) is 0 Å². The predicted octanol–water partition coefficient (Wildman–Crippen LogP) is 3.55. The van der Waals surface area contributed by atoms with Crippen molar-refractivity contribution in [1.82, 2.24) is 5.32 Å². The van der Waals surface area contributed by atoms with E-state index in [0.29, 0.717) is 11.8 Å². The molecule has 0 saturated carbocycles. The highest BCUT2D eigenvalue weighted by Crippen LogP contribution is 2.23. The van der Waals surface area contributed by atoms with Gasteiger partial charge in [0.2, 0.25) is 0 Å². The minimum atomic E-state index is 0.636. The van der Waals surface area contributed by atoms with Crippen LogP contribution in [-0.4, -0.2) is 26.4 Å². The van der Waals surface area contributed by atoms with Crippen molar-refractivity contribution in [3.63, 3.8) is 0 Å². The van der Waals surface area contributed by atoms with Crippen LogP contribution in [0.15, 0.2) is 18.2 Å². The molecule has 3 heteroatoms. The van der Waals surface area contributed by atoms with E-state index in [0.717, 1.165) is 51.5 Å². The fourth-order valence-electron chi connectivity index (χ4n) is 2.60. The summed E-state index contributed by atoms with van der Waals surface area (Å²) in [4.78, 5) is 0. The Hall–Kier alpha value is -1.06. The van der Waals surface area contributed by atoms with Crippen molar-refractivity contribution >= 4 is 0 Å². The van der Waals surface area contributed by atoms with Crippen molar-refractivity contribution in [3.05, 3.63) is 29.3 Å². The summed E-state index contributed by atoms with van der Waals surface area (Å²) >= 11 is 0. The summed E-state index contributed by atoms with van der Waals surface area (Å²) in [5.74, 6) is 2.33. The first-order valence-electron chi connectivity index (χ1n) is 8.16. The lowest BCUT2D eigenvalue weighted by Crippen LogP contribution is -2.22. The molecule has 1 aliphatic heterocycles. The number of aryl methyl sites for hydroxylation is 1. The van der Waals surface area contributed by atoms with E-state index < -0.39 is 0 Å². The smallest absolute Gasteiger partial charge is 0.123 e. The minimum absolute atomic E-state index is 0.636. The third-order valence-electron chi connectivity index (χ3n) is 3.90. The molecular weight excluding hydrogens is 262 g/mol. The van der Waals surface area contributed by atoms with Gasteiger partial charge in [-0.3, -0.25) is 0 Å². The summed E-state index contributed by atoms with van der Waals surface area (Å²) in [6.45, 7) is 11.1. The highest BCUT2D eigenvalue weighted by Gasteiger charge is 2.15. The lowest BCUT2D eigenvalue weighted by atomic mass is 10.0. The van der Waals surface area contributed by atoms with Crippen LogP contribution in [0.1, 0.15) is 37.8 Å². The second-order valence-corrected chi connectivity index (χ2v) is 6.50. The summed E-state index contributed by atoms with van der Waals surface area (Å²) in [5, 5.41) is 3.51. The van der Waals surface area contributed by atoms with E-state index >= 15 is 0 Å². The number of hydrogen-bond acceptors (Lipinski definition) is 3. The molecule has 0 radical (unpaired) electrons. The van der Waals surface area contributed by atoms with Crippen LogP contribution in [-0.2, 0) is 11.3 Å². The summed E-state index contributed by atoms with van der Waals surface area (Å²) < 4.78 is 11.5. The lowest BCUT2D eigenvalue weighted by molar-refractivity contribution is 0.0496. The Bertz CT molecular complexity index is 425. The highest BCUT2D eigenvalue weighted by atomic mass is 16.5. The number of benzene rings is 1. The molecule has 2 rings (SSSR count). The quantitative estimate of drug-likeness (QED) is 0.833. The van der Waals surface area contributed by atoms with Crippen LogP contribution < -0.4 is 10.1 Å². The third kappa shape index (κ3) is 5.68. The minimum Gasteiger partial charge on any atom is -0.493 e. The molecule has 0 amide bonds. The lowest BCUT2D eigenvalue weighted by Gasteiger charge is -2.23. The van der Waals surface area contributed by atoms with E-state index in [4.69, 9.17) is 9.47 Å². The van der Waals surface area contributed by atoms with Crippen molar-refractivity contribution < 1.29 is 9.47 Å². The van der Waals surface area contributed by atoms with Gasteiger partial charge in [-0.1, -0.05) is 31.5 Å². The molecule has 1 heterocycles. The van der Waals surface area contributed by atoms with Crippen molar-refractivity contribution in [2.24, 2.45) is 11.8 Å². The monoisotopic (exact) mass is 291 g/mol. The van der Waals surface area contributed by atoms with Gasteiger partial charge in [-0.15, -0.1) is 0 Å². The maximum atomic E-state index is 6.09. The molecule has 1 fully saturated rings. The molecule has 3 nitrogen and oxygen atoms in total. The first kappa shape index (κ1) is 16.3. The van der Waals surface area contributed by atoms with Crippen molar-refractivity contribution in [3.8, 4) is 5.75 Å². The van der Waals surface area contributed by atoms with E-state index in [-0.39, 0.29) is 0 Å². The van der Waals surface area contributed by atoms with E-state index in [9.17, 15) is 0 Å². The number of rotatable bonds is 7. The first-order valence-corrected chi connectivity index (χ1v) is 8.16. The maximum absolute atomic E-state index is 6.09. The molecule has 1 aliphatic rings. The molecule has 0 bridgehead atoms. The Morgan fingerprint density at radius 1 is 1.29 bits per heavy atom. The number of nitrogens with one attached hydrogen (secondary N) is 1. The van der Waals surface area contributed by atoms with Crippen LogP contribution in [0.25, 0.3) is 0 Å². The third-order valence-corrected chi connectivity index (χ3v) is 3.90. The maximum Gasteiger partial charge on any atom is 0.123 e. The molecule has 0 aromatic heterocycles. The molecular formula is C18H29NO2. The highest BCUT2D eigenvalue weighted by molar-refractivity contribution is 5.36. The molecule has 0 aliphatic carbocycles. The van der Waals surface area contributed by atoms with Gasteiger partial charge in [0.05, 0.1) is 6.61 Å². The number of ether oxygens (including phenoxy) is 2. The molecule has 1 aromatic rings.